The number of carbonyl (C=O) groups is 2. The van der Waals surface area contributed by atoms with Gasteiger partial charge in [0.1, 0.15) is 11.5 Å². The molecule has 4 heterocycles. The Bertz CT molecular complexity index is 2800. The number of aromatic nitrogens is 4. The number of para-hydroxylation sites is 2. The largest absolute Gasteiger partial charge is 0.529 e. The van der Waals surface area contributed by atoms with E-state index in [2.05, 4.69) is 20.6 Å². The van der Waals surface area contributed by atoms with E-state index in [1.807, 2.05) is 6.92 Å². The summed E-state index contributed by atoms with van der Waals surface area (Å²) < 4.78 is 116. The number of nitrogens with two attached hydrogens (primary N) is 2. The van der Waals surface area contributed by atoms with Crippen LogP contribution in [0.5, 0.6) is 11.5 Å². The van der Waals surface area contributed by atoms with E-state index in [1.54, 1.807) is 104 Å². The van der Waals surface area contributed by atoms with Crippen LogP contribution in [0.1, 0.15) is 87.9 Å². The highest BCUT2D eigenvalue weighted by Gasteiger charge is 2.58. The molecule has 0 aliphatic carbocycles. The van der Waals surface area contributed by atoms with Gasteiger partial charge in [-0.1, -0.05) is 79.6 Å². The number of amides is 1. The second-order valence-corrected chi connectivity index (χ2v) is 20.2. The van der Waals surface area contributed by atoms with Crippen molar-refractivity contribution in [2.45, 2.75) is 103 Å². The second-order valence-electron chi connectivity index (χ2n) is 18.1. The molecule has 0 fully saturated rings. The summed E-state index contributed by atoms with van der Waals surface area (Å²) in [6.07, 6.45) is 1.37. The molecule has 384 valence electrons. The quantitative estimate of drug-likeness (QED) is 0.0120. The fourth-order valence-electron chi connectivity index (χ4n) is 9.77. The molecule has 5 N–H and O–H groups in total. The molecule has 1 amide bonds. The number of guanidine groups is 1. The van der Waals surface area contributed by atoms with Crippen molar-refractivity contribution in [3.05, 3.63) is 143 Å². The number of halogens is 5. The summed E-state index contributed by atoms with van der Waals surface area (Å²) in [4.78, 5) is 31.0. The summed E-state index contributed by atoms with van der Waals surface area (Å²) in [7, 11) is -4.32. The van der Waals surface area contributed by atoms with Gasteiger partial charge in [0, 0.05) is 18.2 Å². The topological polar surface area (TPSA) is 203 Å². The average Bonchev–Trinajstić information content (AvgIpc) is 4.03. The number of hydrogen-bond acceptors (Lipinski definition) is 11. The molecule has 2 aliphatic heterocycles. The average molecular weight is 1020 g/mol. The molecule has 5 aromatic rings. The fourth-order valence-corrected chi connectivity index (χ4v) is 11.6. The van der Waals surface area contributed by atoms with Crippen molar-refractivity contribution in [2.75, 3.05) is 6.61 Å². The molecule has 0 saturated carbocycles. The Morgan fingerprint density at radius 1 is 0.917 bits per heavy atom. The van der Waals surface area contributed by atoms with Crippen LogP contribution < -0.4 is 25.8 Å². The first kappa shape index (κ1) is 52.7. The summed E-state index contributed by atoms with van der Waals surface area (Å²) >= 11 is 0. The predicted octanol–water partition coefficient (Wildman–Crippen LogP) is 10.5. The van der Waals surface area contributed by atoms with Crippen LogP contribution in [0.2, 0.25) is 0 Å². The molecule has 3 aromatic carbocycles. The lowest BCUT2D eigenvalue weighted by molar-refractivity contribution is -0.192. The van der Waals surface area contributed by atoms with Crippen LogP contribution in [0.15, 0.2) is 126 Å². The van der Waals surface area contributed by atoms with Crippen molar-refractivity contribution in [1.82, 2.24) is 29.6 Å². The van der Waals surface area contributed by atoms with E-state index in [1.165, 1.54) is 37.7 Å². The standard InChI is InChI=1S/C49H57BF5N9O7P/c1-6-14-35(22-25-40(62-27-26-58-61-62)48(5)31-33(3)43-44(69-45(65)49(51,52)53)42-32(2)29-34(4)63(42)50(54,55)64(43)48)15-13-28-68-47(66)60-41(30-36-20-23-37(24-21-36)59-46(56)57)72(67,70-38-16-9-7-10-17-38)71-39-18-11-8-12-19-39/h7-12,16-21,23-24,26-27,29,31,35,40-41H,6,13-15,22,25,28,30H2,1-5H3,(H,60,66)(H4,56,57,59)/q-1. The third-order valence-electron chi connectivity index (χ3n) is 12.8. The van der Waals surface area contributed by atoms with Crippen LogP contribution in [-0.2, 0) is 25.3 Å². The number of alkyl halides is 3. The van der Waals surface area contributed by atoms with Gasteiger partial charge < -0.3 is 53.2 Å². The van der Waals surface area contributed by atoms with E-state index in [-0.39, 0.29) is 71.0 Å². The van der Waals surface area contributed by atoms with Crippen molar-refractivity contribution >= 4 is 44.0 Å². The number of nitrogens with zero attached hydrogens (tertiary/aromatic N) is 6. The van der Waals surface area contributed by atoms with Gasteiger partial charge in [-0.3, -0.25) is 0 Å². The maximum absolute atomic E-state index is 17.3. The van der Waals surface area contributed by atoms with Gasteiger partial charge in [-0.25, -0.2) is 23.8 Å². The summed E-state index contributed by atoms with van der Waals surface area (Å²) in [5.41, 5.74) is 10.4. The first-order valence-corrected chi connectivity index (χ1v) is 25.1. The van der Waals surface area contributed by atoms with Crippen LogP contribution in [0, 0.1) is 19.8 Å². The molecule has 7 rings (SSSR count). The van der Waals surface area contributed by atoms with Crippen molar-refractivity contribution in [3.8, 4) is 11.5 Å². The monoisotopic (exact) mass is 1020 g/mol. The normalized spacial score (nSPS) is 17.5. The van der Waals surface area contributed by atoms with E-state index in [9.17, 15) is 22.8 Å². The number of aryl methyl sites for hydroxylation is 2. The van der Waals surface area contributed by atoms with Crippen LogP contribution in [0.3, 0.4) is 0 Å². The number of esters is 1. The van der Waals surface area contributed by atoms with E-state index < -0.39 is 55.9 Å². The van der Waals surface area contributed by atoms with E-state index in [0.29, 0.717) is 35.0 Å². The van der Waals surface area contributed by atoms with Crippen molar-refractivity contribution < 1.29 is 54.5 Å². The SMILES string of the molecule is CCCC(CCCOC(=O)NC(Cc1ccc(N=C(N)N)cc1)P(=O)(Oc1ccccc1)Oc1ccccc1)CCC(n1ccnn1)C1(C)C=C(C)C2=C(OC(=O)C(F)(F)F)c3c(C)cc(C)n3[B-](F)(F)N21. The van der Waals surface area contributed by atoms with E-state index in [0.717, 1.165) is 17.7 Å². The third-order valence-corrected chi connectivity index (χ3v) is 14.8. The number of nitrogens with one attached hydrogen (secondary N) is 1. The van der Waals surface area contributed by atoms with Gasteiger partial charge >= 0.3 is 32.8 Å². The zero-order valence-corrected chi connectivity index (χ0v) is 41.3. The summed E-state index contributed by atoms with van der Waals surface area (Å²) in [6, 6.07) is 24.1. The number of alkyl carbamates (subject to hydrolysis) is 1. The van der Waals surface area contributed by atoms with Crippen LogP contribution in [-0.4, -0.2) is 73.4 Å². The Hall–Kier alpha value is -7.09. The van der Waals surface area contributed by atoms with Gasteiger partial charge in [-0.2, -0.15) is 13.2 Å². The Kier molecular flexibility index (Phi) is 15.9. The molecular weight excluding hydrogens is 963 g/mol. The summed E-state index contributed by atoms with van der Waals surface area (Å²) in [5.74, 6) is -4.09. The number of hydrogen-bond donors (Lipinski definition) is 3. The Balaban J connectivity index is 1.09. The summed E-state index contributed by atoms with van der Waals surface area (Å²) in [5, 5.41) is 10.9. The first-order chi connectivity index (χ1) is 34.1. The second kappa shape index (κ2) is 21.7. The molecule has 4 atom stereocenters. The highest BCUT2D eigenvalue weighted by Crippen LogP contribution is 2.55. The van der Waals surface area contributed by atoms with Crippen LogP contribution in [0.4, 0.5) is 32.3 Å². The van der Waals surface area contributed by atoms with E-state index in [4.69, 9.17) is 30.0 Å². The van der Waals surface area contributed by atoms with Crippen molar-refractivity contribution in [1.29, 1.82) is 0 Å². The lowest BCUT2D eigenvalue weighted by Gasteiger charge is -2.55. The van der Waals surface area contributed by atoms with Gasteiger partial charge in [0.05, 0.1) is 35.9 Å². The number of carbonyl (C=O) groups excluding carboxylic acids is 2. The fraction of sp³-hybridized carbons (Fsp3) is 0.367. The minimum absolute atomic E-state index is 0.0113. The van der Waals surface area contributed by atoms with Crippen molar-refractivity contribution in [2.24, 2.45) is 22.4 Å². The smallest absolute Gasteiger partial charge is 0.457 e. The first-order valence-electron chi connectivity index (χ1n) is 23.4. The third kappa shape index (κ3) is 11.6. The Morgan fingerprint density at radius 2 is 1.56 bits per heavy atom. The molecule has 16 nitrogen and oxygen atoms in total. The summed E-state index contributed by atoms with van der Waals surface area (Å²) in [6.45, 7) is 3.16. The minimum Gasteiger partial charge on any atom is -0.457 e. The van der Waals surface area contributed by atoms with Crippen molar-refractivity contribution in [3.63, 3.8) is 0 Å². The molecule has 2 aliphatic rings. The molecule has 0 saturated heterocycles. The molecule has 23 heteroatoms. The minimum atomic E-state index is -5.40. The molecule has 72 heavy (non-hydrogen) atoms. The number of aliphatic imine (C=N–C) groups is 1. The van der Waals surface area contributed by atoms with Gasteiger partial charge in [-0.05, 0) is 124 Å². The lowest BCUT2D eigenvalue weighted by atomic mass is 9.77. The van der Waals surface area contributed by atoms with Gasteiger partial charge in [0.2, 0.25) is 0 Å². The van der Waals surface area contributed by atoms with Gasteiger partial charge in [0.15, 0.2) is 17.5 Å². The lowest BCUT2D eigenvalue weighted by Crippen LogP contribution is -2.64. The zero-order valence-electron chi connectivity index (χ0n) is 40.4. The maximum atomic E-state index is 17.3. The number of allylic oxidation sites excluding steroid dienone is 1. The zero-order chi connectivity index (χ0) is 52.0. The van der Waals surface area contributed by atoms with Crippen LogP contribution >= 0.6 is 7.60 Å². The van der Waals surface area contributed by atoms with Gasteiger partial charge in [-0.15, -0.1) is 5.10 Å². The number of fused-ring (bicyclic) bond motifs is 2. The molecular formula is C49H57BF5N9O7P-. The molecule has 2 aromatic heterocycles. The van der Waals surface area contributed by atoms with Gasteiger partial charge in [0.25, 0.3) is 0 Å². The molecule has 0 bridgehead atoms. The number of benzene rings is 3. The predicted molar refractivity (Wildman–Crippen MR) is 262 cm³/mol. The molecule has 4 unspecified atom stereocenters. The highest BCUT2D eigenvalue weighted by atomic mass is 31.2. The molecule has 0 radical (unpaired) electrons. The Morgan fingerprint density at radius 3 is 2.12 bits per heavy atom. The highest BCUT2D eigenvalue weighted by molar-refractivity contribution is 7.55. The molecule has 0 spiro atoms. The maximum Gasteiger partial charge on any atom is 0.529 e. The van der Waals surface area contributed by atoms with E-state index >= 15 is 13.2 Å². The number of rotatable bonds is 21. The Labute approximate surface area is 413 Å². The number of ether oxygens (including phenoxy) is 2. The van der Waals surface area contributed by atoms with Crippen LogP contribution in [0.25, 0.3) is 5.76 Å².